The topological polar surface area (TPSA) is 74.3 Å². The predicted octanol–water partition coefficient (Wildman–Crippen LogP) is 5.29. The molecule has 3 heterocycles. The van der Waals surface area contributed by atoms with E-state index in [2.05, 4.69) is 5.32 Å². The summed E-state index contributed by atoms with van der Waals surface area (Å²) in [6, 6.07) is 22.2. The molecule has 3 aromatic rings. The van der Waals surface area contributed by atoms with Gasteiger partial charge in [0.15, 0.2) is 0 Å². The van der Waals surface area contributed by atoms with Gasteiger partial charge in [-0.1, -0.05) is 48.5 Å². The van der Waals surface area contributed by atoms with Crippen molar-refractivity contribution in [2.75, 3.05) is 39.4 Å². The number of rotatable bonds is 9. The largest absolute Gasteiger partial charge is 0.508 e. The fraction of sp³-hybridized carbons (Fsp3) is 0.457. The van der Waals surface area contributed by atoms with Crippen LogP contribution in [-0.2, 0) is 22.6 Å². The molecular formula is C35H41F2N3O4. The third-order valence-electron chi connectivity index (χ3n) is 9.23. The molecule has 3 aliphatic heterocycles. The van der Waals surface area contributed by atoms with Crippen molar-refractivity contribution >= 4 is 5.91 Å². The number of ether oxygens (including phenoxy) is 1. The van der Waals surface area contributed by atoms with Crippen molar-refractivity contribution in [2.24, 2.45) is 0 Å². The average molecular weight is 606 g/mol. The first kappa shape index (κ1) is 30.5. The van der Waals surface area contributed by atoms with E-state index in [9.17, 15) is 14.3 Å². The Morgan fingerprint density at radius 1 is 0.864 bits per heavy atom. The highest BCUT2D eigenvalue weighted by Crippen LogP contribution is 2.34. The highest BCUT2D eigenvalue weighted by Gasteiger charge is 2.39. The van der Waals surface area contributed by atoms with Crippen LogP contribution < -0.4 is 10.1 Å². The van der Waals surface area contributed by atoms with Gasteiger partial charge in [-0.3, -0.25) is 14.5 Å². The number of carbonyl (C=O) groups is 1. The summed E-state index contributed by atoms with van der Waals surface area (Å²) in [5, 5.41) is 14.1. The van der Waals surface area contributed by atoms with E-state index in [4.69, 9.17) is 9.57 Å². The molecule has 3 aromatic carbocycles. The van der Waals surface area contributed by atoms with Crippen LogP contribution in [0.5, 0.6) is 11.5 Å². The van der Waals surface area contributed by atoms with Gasteiger partial charge >= 0.3 is 0 Å². The van der Waals surface area contributed by atoms with E-state index < -0.39 is 18.4 Å². The zero-order valence-electron chi connectivity index (χ0n) is 24.9. The quantitative estimate of drug-likeness (QED) is 0.346. The molecule has 0 spiro atoms. The fourth-order valence-electron chi connectivity index (χ4n) is 6.67. The van der Waals surface area contributed by atoms with Crippen molar-refractivity contribution in [1.29, 1.82) is 0 Å². The van der Waals surface area contributed by atoms with Crippen LogP contribution in [0.4, 0.5) is 8.78 Å². The van der Waals surface area contributed by atoms with Gasteiger partial charge in [0.25, 0.3) is 5.91 Å². The van der Waals surface area contributed by atoms with E-state index >= 15 is 4.39 Å². The van der Waals surface area contributed by atoms with Crippen molar-refractivity contribution in [3.8, 4) is 11.5 Å². The number of aromatic hydroxyl groups is 1. The van der Waals surface area contributed by atoms with Crippen LogP contribution in [0.1, 0.15) is 53.4 Å². The van der Waals surface area contributed by atoms with Crippen LogP contribution >= 0.6 is 0 Å². The minimum atomic E-state index is -1.09. The second kappa shape index (κ2) is 14.1. The van der Waals surface area contributed by atoms with Gasteiger partial charge in [0.2, 0.25) is 0 Å². The highest BCUT2D eigenvalue weighted by molar-refractivity contribution is 5.81. The summed E-state index contributed by atoms with van der Waals surface area (Å²) in [5.74, 6) is 0.517. The molecule has 5 atom stereocenters. The maximum absolute atomic E-state index is 15.2. The van der Waals surface area contributed by atoms with Crippen molar-refractivity contribution < 1.29 is 28.3 Å². The number of carbonyl (C=O) groups excluding carboxylic acids is 1. The van der Waals surface area contributed by atoms with E-state index in [1.165, 1.54) is 5.06 Å². The van der Waals surface area contributed by atoms with E-state index in [1.54, 1.807) is 24.3 Å². The minimum Gasteiger partial charge on any atom is -0.508 e. The van der Waals surface area contributed by atoms with Crippen LogP contribution in [0.2, 0.25) is 0 Å². The van der Waals surface area contributed by atoms with E-state index in [1.807, 2.05) is 53.4 Å². The molecule has 6 rings (SSSR count). The molecule has 0 bridgehead atoms. The van der Waals surface area contributed by atoms with E-state index in [-0.39, 0.29) is 30.0 Å². The minimum absolute atomic E-state index is 0.0576. The number of amides is 1. The van der Waals surface area contributed by atoms with Crippen molar-refractivity contribution in [2.45, 2.75) is 62.4 Å². The van der Waals surface area contributed by atoms with Crippen LogP contribution in [0.15, 0.2) is 72.8 Å². The first-order valence-electron chi connectivity index (χ1n) is 15.7. The Kier molecular flexibility index (Phi) is 9.74. The molecular weight excluding hydrogens is 564 g/mol. The third-order valence-corrected chi connectivity index (χ3v) is 9.23. The van der Waals surface area contributed by atoms with Crippen LogP contribution in [0.3, 0.4) is 0 Å². The van der Waals surface area contributed by atoms with Crippen LogP contribution in [0, 0.1) is 0 Å². The molecule has 0 aliphatic carbocycles. The van der Waals surface area contributed by atoms with Crippen LogP contribution in [-0.4, -0.2) is 78.8 Å². The average Bonchev–Trinajstić information content (AvgIpc) is 3.04. The van der Waals surface area contributed by atoms with Gasteiger partial charge in [-0.05, 0) is 78.9 Å². The smallest absolute Gasteiger partial charge is 0.263 e. The van der Waals surface area contributed by atoms with Gasteiger partial charge in [0.1, 0.15) is 23.8 Å². The Hall–Kier alpha value is -3.53. The van der Waals surface area contributed by atoms with Crippen molar-refractivity contribution in [3.05, 3.63) is 95.1 Å². The number of phenolic OH excluding ortho intramolecular Hbond substituents is 1. The molecule has 0 aromatic heterocycles. The first-order valence-corrected chi connectivity index (χ1v) is 15.7. The number of phenols is 1. The lowest BCUT2D eigenvalue weighted by Gasteiger charge is -2.42. The number of hydrogen-bond acceptors (Lipinski definition) is 6. The lowest BCUT2D eigenvalue weighted by atomic mass is 9.87. The third kappa shape index (κ3) is 7.22. The molecule has 2 N–H and O–H groups in total. The maximum atomic E-state index is 15.2. The van der Waals surface area contributed by atoms with Crippen molar-refractivity contribution in [3.63, 3.8) is 0 Å². The number of hydroxylamine groups is 2. The lowest BCUT2D eigenvalue weighted by Crippen LogP contribution is -2.56. The summed E-state index contributed by atoms with van der Waals surface area (Å²) in [5.41, 5.74) is 3.97. The highest BCUT2D eigenvalue weighted by atomic mass is 19.1. The Labute approximate surface area is 257 Å². The van der Waals surface area contributed by atoms with Gasteiger partial charge in [-0.25, -0.2) is 13.8 Å². The standard InChI is InChI=1S/C35H41F2N3O4/c36-32-21-38-17-13-30(32)27-7-11-29(12-8-27)43-19-15-24-1-3-25(4-2-24)22-40-35(42)34(16-20-44-40)39-18-14-31(33(37)23-39)26-5-9-28(41)10-6-26/h1-12,30-34,38,41H,13-23H2/t30-,31-,32?,33?,34?/m1/s1. The first-order chi connectivity index (χ1) is 21.4. The Morgan fingerprint density at radius 3 is 2.25 bits per heavy atom. The lowest BCUT2D eigenvalue weighted by molar-refractivity contribution is -0.212. The number of alkyl halides is 2. The maximum Gasteiger partial charge on any atom is 0.263 e. The number of piperidine rings is 2. The van der Waals surface area contributed by atoms with Gasteiger partial charge < -0.3 is 15.2 Å². The molecule has 234 valence electrons. The van der Waals surface area contributed by atoms with Gasteiger partial charge in [0, 0.05) is 31.3 Å². The van der Waals surface area contributed by atoms with E-state index in [0.717, 1.165) is 47.4 Å². The summed E-state index contributed by atoms with van der Waals surface area (Å²) in [7, 11) is 0. The Balaban J connectivity index is 0.965. The second-order valence-corrected chi connectivity index (χ2v) is 12.1. The predicted molar refractivity (Wildman–Crippen MR) is 164 cm³/mol. The van der Waals surface area contributed by atoms with E-state index in [0.29, 0.717) is 45.7 Å². The summed E-state index contributed by atoms with van der Waals surface area (Å²) in [6.45, 7) is 3.35. The van der Waals surface area contributed by atoms with Crippen LogP contribution in [0.25, 0.3) is 0 Å². The molecule has 44 heavy (non-hydrogen) atoms. The SMILES string of the molecule is O=C1C(N2CC[C@H](c3ccc(O)cc3)C(F)C2)CCON1Cc1ccc(CCOc2ccc([C@H]3CCNCC3F)cc2)cc1. The van der Waals surface area contributed by atoms with Gasteiger partial charge in [-0.15, -0.1) is 0 Å². The molecule has 0 radical (unpaired) electrons. The molecule has 3 aliphatic rings. The number of nitrogens with zero attached hydrogens (tertiary/aromatic N) is 2. The second-order valence-electron chi connectivity index (χ2n) is 12.1. The summed E-state index contributed by atoms with van der Waals surface area (Å²) in [6.07, 6.45) is 0.750. The zero-order valence-corrected chi connectivity index (χ0v) is 24.9. The number of halogens is 2. The molecule has 9 heteroatoms. The van der Waals surface area contributed by atoms with Gasteiger partial charge in [0.05, 0.1) is 25.8 Å². The Bertz CT molecular complexity index is 1370. The molecule has 3 saturated heterocycles. The number of likely N-dealkylation sites (tertiary alicyclic amines) is 1. The summed E-state index contributed by atoms with van der Waals surface area (Å²) in [4.78, 5) is 21.1. The molecule has 0 saturated carbocycles. The number of nitrogens with one attached hydrogen (secondary N) is 1. The van der Waals surface area contributed by atoms with Gasteiger partial charge in [-0.2, -0.15) is 0 Å². The molecule has 3 fully saturated rings. The monoisotopic (exact) mass is 605 g/mol. The molecule has 3 unspecified atom stereocenters. The summed E-state index contributed by atoms with van der Waals surface area (Å²) < 4.78 is 35.4. The summed E-state index contributed by atoms with van der Waals surface area (Å²) >= 11 is 0. The van der Waals surface area contributed by atoms with Crippen molar-refractivity contribution in [1.82, 2.24) is 15.3 Å². The fourth-order valence-corrected chi connectivity index (χ4v) is 6.67. The Morgan fingerprint density at radius 2 is 1.55 bits per heavy atom. The normalized spacial score (nSPS) is 26.5. The molecule has 7 nitrogen and oxygen atoms in total. The number of hydrogen-bond donors (Lipinski definition) is 2. The molecule has 1 amide bonds. The number of benzene rings is 3. The zero-order chi connectivity index (χ0) is 30.5.